The molecule has 1 N–H and O–H groups in total. The van der Waals surface area contributed by atoms with Gasteiger partial charge in [-0.15, -0.1) is 0 Å². The average Bonchev–Trinajstić information content (AvgIpc) is 2.59. The van der Waals surface area contributed by atoms with E-state index in [0.29, 0.717) is 17.6 Å². The number of aryl methyl sites for hydroxylation is 1. The van der Waals surface area contributed by atoms with Crippen molar-refractivity contribution < 1.29 is 14.3 Å². The number of methoxy groups -OCH3 is 1. The van der Waals surface area contributed by atoms with Crippen LogP contribution in [0.15, 0.2) is 57.7 Å². The highest BCUT2D eigenvalue weighted by molar-refractivity contribution is 5.82. The summed E-state index contributed by atoms with van der Waals surface area (Å²) in [6.45, 7) is 0.151. The van der Waals surface area contributed by atoms with E-state index in [2.05, 4.69) is 0 Å². The van der Waals surface area contributed by atoms with E-state index in [1.165, 1.54) is 0 Å². The minimum Gasteiger partial charge on any atom is -0.497 e. The summed E-state index contributed by atoms with van der Waals surface area (Å²) >= 11 is 0. The van der Waals surface area contributed by atoms with Gasteiger partial charge in [0, 0.05) is 12.0 Å². The van der Waals surface area contributed by atoms with Crippen molar-refractivity contribution in [2.75, 3.05) is 13.7 Å². The summed E-state index contributed by atoms with van der Waals surface area (Å²) in [5, 5.41) is 9.78. The summed E-state index contributed by atoms with van der Waals surface area (Å²) in [5.74, 6) is 0.743. The lowest BCUT2D eigenvalue weighted by Gasteiger charge is -2.06. The summed E-state index contributed by atoms with van der Waals surface area (Å²) in [5.41, 5.74) is 2.59. The molecule has 0 fully saturated rings. The van der Waals surface area contributed by atoms with Crippen molar-refractivity contribution in [2.45, 2.75) is 12.8 Å². The van der Waals surface area contributed by atoms with Gasteiger partial charge in [-0.1, -0.05) is 24.3 Å². The zero-order valence-electron chi connectivity index (χ0n) is 12.9. The number of ether oxygens (including phenoxy) is 1. The van der Waals surface area contributed by atoms with E-state index in [-0.39, 0.29) is 12.2 Å². The van der Waals surface area contributed by atoms with E-state index in [0.717, 1.165) is 28.7 Å². The molecule has 3 rings (SSSR count). The maximum absolute atomic E-state index is 12.3. The molecule has 0 aliphatic heterocycles. The van der Waals surface area contributed by atoms with Crippen molar-refractivity contribution in [1.82, 2.24) is 0 Å². The van der Waals surface area contributed by atoms with Gasteiger partial charge in [-0.3, -0.25) is 0 Å². The fraction of sp³-hybridized carbons (Fsp3) is 0.211. The molecule has 0 radical (unpaired) electrons. The molecule has 0 saturated heterocycles. The Morgan fingerprint density at radius 3 is 2.57 bits per heavy atom. The average molecular weight is 310 g/mol. The van der Waals surface area contributed by atoms with Gasteiger partial charge >= 0.3 is 5.63 Å². The van der Waals surface area contributed by atoms with Gasteiger partial charge in [-0.05, 0) is 48.2 Å². The predicted octanol–water partition coefficient (Wildman–Crippen LogP) is 3.39. The lowest BCUT2D eigenvalue weighted by molar-refractivity contribution is 0.288. The van der Waals surface area contributed by atoms with Gasteiger partial charge in [-0.25, -0.2) is 4.79 Å². The van der Waals surface area contributed by atoms with Crippen molar-refractivity contribution in [3.05, 3.63) is 64.5 Å². The van der Waals surface area contributed by atoms with E-state index in [4.69, 9.17) is 14.3 Å². The number of hydrogen-bond acceptors (Lipinski definition) is 4. The normalized spacial score (nSPS) is 10.9. The Kier molecular flexibility index (Phi) is 4.44. The number of benzene rings is 2. The molecule has 0 saturated carbocycles. The molecule has 3 aromatic rings. The van der Waals surface area contributed by atoms with Crippen molar-refractivity contribution in [3.8, 4) is 16.9 Å². The van der Waals surface area contributed by atoms with Crippen molar-refractivity contribution in [3.63, 3.8) is 0 Å². The number of hydrogen-bond donors (Lipinski definition) is 1. The monoisotopic (exact) mass is 310 g/mol. The Hall–Kier alpha value is -2.59. The largest absolute Gasteiger partial charge is 0.497 e. The molecule has 0 spiro atoms. The van der Waals surface area contributed by atoms with E-state index >= 15 is 0 Å². The van der Waals surface area contributed by atoms with E-state index in [1.807, 2.05) is 48.5 Å². The highest BCUT2D eigenvalue weighted by Crippen LogP contribution is 2.24. The number of aliphatic hydroxyl groups excluding tert-OH is 1. The highest BCUT2D eigenvalue weighted by Gasteiger charge is 2.08. The summed E-state index contributed by atoms with van der Waals surface area (Å²) < 4.78 is 10.6. The van der Waals surface area contributed by atoms with Crippen LogP contribution in [-0.2, 0) is 6.42 Å². The van der Waals surface area contributed by atoms with Crippen LogP contribution in [0.2, 0.25) is 0 Å². The number of rotatable bonds is 5. The van der Waals surface area contributed by atoms with Gasteiger partial charge in [0.1, 0.15) is 11.3 Å². The van der Waals surface area contributed by atoms with Crippen LogP contribution in [0.5, 0.6) is 5.75 Å². The van der Waals surface area contributed by atoms with Gasteiger partial charge in [0.25, 0.3) is 0 Å². The molecule has 118 valence electrons. The quantitative estimate of drug-likeness (QED) is 0.734. The van der Waals surface area contributed by atoms with Gasteiger partial charge < -0.3 is 14.3 Å². The first-order chi connectivity index (χ1) is 11.2. The third-order valence-electron chi connectivity index (χ3n) is 3.82. The fourth-order valence-corrected chi connectivity index (χ4v) is 2.57. The molecule has 0 atom stereocenters. The zero-order chi connectivity index (χ0) is 16.2. The van der Waals surface area contributed by atoms with Crippen molar-refractivity contribution in [1.29, 1.82) is 0 Å². The fourth-order valence-electron chi connectivity index (χ4n) is 2.57. The van der Waals surface area contributed by atoms with Crippen LogP contribution in [0.1, 0.15) is 12.0 Å². The molecular formula is C19H18O4. The molecule has 1 aromatic heterocycles. The van der Waals surface area contributed by atoms with E-state index in [1.54, 1.807) is 7.11 Å². The second-order valence-corrected chi connectivity index (χ2v) is 5.38. The summed E-state index contributed by atoms with van der Waals surface area (Å²) in [6.07, 6.45) is 1.45. The molecule has 0 aliphatic rings. The summed E-state index contributed by atoms with van der Waals surface area (Å²) in [7, 11) is 1.60. The molecule has 23 heavy (non-hydrogen) atoms. The second-order valence-electron chi connectivity index (χ2n) is 5.38. The Balaban J connectivity index is 2.02. The van der Waals surface area contributed by atoms with E-state index < -0.39 is 0 Å². The zero-order valence-corrected chi connectivity index (χ0v) is 12.9. The first-order valence-corrected chi connectivity index (χ1v) is 7.53. The summed E-state index contributed by atoms with van der Waals surface area (Å²) in [4.78, 5) is 12.3. The molecule has 2 aromatic carbocycles. The third-order valence-corrected chi connectivity index (χ3v) is 3.82. The van der Waals surface area contributed by atoms with Gasteiger partial charge in [0.15, 0.2) is 0 Å². The number of fused-ring (bicyclic) bond motifs is 1. The van der Waals surface area contributed by atoms with E-state index in [9.17, 15) is 4.79 Å². The third kappa shape index (κ3) is 3.27. The van der Waals surface area contributed by atoms with Gasteiger partial charge in [0.2, 0.25) is 0 Å². The minimum atomic E-state index is -0.359. The minimum absolute atomic E-state index is 0.151. The Bertz CT molecular complexity index is 863. The lowest BCUT2D eigenvalue weighted by Crippen LogP contribution is -2.03. The van der Waals surface area contributed by atoms with Gasteiger partial charge in [-0.2, -0.15) is 0 Å². The number of aliphatic hydroxyl groups is 1. The molecular weight excluding hydrogens is 292 g/mol. The lowest BCUT2D eigenvalue weighted by atomic mass is 10.0. The highest BCUT2D eigenvalue weighted by atomic mass is 16.5. The Morgan fingerprint density at radius 2 is 1.87 bits per heavy atom. The first kappa shape index (κ1) is 15.3. The molecule has 0 amide bonds. The SMILES string of the molecule is COc1ccc(-c2cc3ccc(CCCO)cc3oc2=O)cc1. The smallest absolute Gasteiger partial charge is 0.344 e. The first-order valence-electron chi connectivity index (χ1n) is 7.53. The molecule has 4 heteroatoms. The molecule has 0 bridgehead atoms. The van der Waals surface area contributed by atoms with Crippen LogP contribution >= 0.6 is 0 Å². The van der Waals surface area contributed by atoms with Crippen LogP contribution in [0, 0.1) is 0 Å². The van der Waals surface area contributed by atoms with Gasteiger partial charge in [0.05, 0.1) is 12.7 Å². The summed E-state index contributed by atoms with van der Waals surface area (Å²) in [6, 6.07) is 15.0. The molecule has 4 nitrogen and oxygen atoms in total. The van der Waals surface area contributed by atoms with Crippen molar-refractivity contribution >= 4 is 11.0 Å². The topological polar surface area (TPSA) is 59.7 Å². The molecule has 1 heterocycles. The molecule has 0 unspecified atom stereocenters. The standard InChI is InChI=1S/C19H18O4/c1-22-16-8-6-14(7-9-16)17-12-15-5-4-13(3-2-10-20)11-18(15)23-19(17)21/h4-9,11-12,20H,2-3,10H2,1H3. The Morgan fingerprint density at radius 1 is 1.09 bits per heavy atom. The predicted molar refractivity (Wildman–Crippen MR) is 89.9 cm³/mol. The second kappa shape index (κ2) is 6.67. The van der Waals surface area contributed by atoms with Crippen LogP contribution < -0.4 is 10.4 Å². The maximum atomic E-state index is 12.3. The van der Waals surface area contributed by atoms with Crippen LogP contribution in [-0.4, -0.2) is 18.8 Å². The Labute approximate surface area is 134 Å². The maximum Gasteiger partial charge on any atom is 0.344 e. The van der Waals surface area contributed by atoms with Crippen LogP contribution in [0.25, 0.3) is 22.1 Å². The van der Waals surface area contributed by atoms with Crippen LogP contribution in [0.3, 0.4) is 0 Å². The van der Waals surface area contributed by atoms with Crippen LogP contribution in [0.4, 0.5) is 0 Å². The van der Waals surface area contributed by atoms with Crippen molar-refractivity contribution in [2.24, 2.45) is 0 Å². The molecule has 0 aliphatic carbocycles.